The number of aromatic nitrogens is 1. The number of pyridine rings is 1. The lowest BCUT2D eigenvalue weighted by molar-refractivity contribution is -0.141. The van der Waals surface area contributed by atoms with Crippen LogP contribution in [0.15, 0.2) is 41.2 Å². The molecule has 0 radical (unpaired) electrons. The molecule has 4 heteroatoms. The Morgan fingerprint density at radius 1 is 1.16 bits per heavy atom. The van der Waals surface area contributed by atoms with Crippen LogP contribution in [0.2, 0.25) is 0 Å². The van der Waals surface area contributed by atoms with Gasteiger partial charge >= 0.3 is 5.97 Å². The van der Waals surface area contributed by atoms with E-state index in [9.17, 15) is 9.59 Å². The van der Waals surface area contributed by atoms with Gasteiger partial charge < -0.3 is 4.84 Å². The van der Waals surface area contributed by atoms with Crippen molar-refractivity contribution in [2.75, 3.05) is 0 Å². The van der Waals surface area contributed by atoms with E-state index in [0.717, 1.165) is 12.1 Å². The third-order valence-corrected chi connectivity index (χ3v) is 4.31. The standard InChI is InChI=1S/C21H27NO3/c1-4-5-6-7-8-9-10-14-19-16(2)21(24)18-13-11-12-15-20(18)22(19)25-17(3)23/h9-13,15H,4-8,14H2,1-3H3/b10-9+. The van der Waals surface area contributed by atoms with Crippen LogP contribution < -0.4 is 10.3 Å². The second kappa shape index (κ2) is 9.21. The van der Waals surface area contributed by atoms with Crippen LogP contribution in [0.25, 0.3) is 10.9 Å². The summed E-state index contributed by atoms with van der Waals surface area (Å²) in [4.78, 5) is 29.6. The van der Waals surface area contributed by atoms with Crippen molar-refractivity contribution in [2.24, 2.45) is 0 Å². The van der Waals surface area contributed by atoms with E-state index in [0.29, 0.717) is 22.9 Å². The van der Waals surface area contributed by atoms with E-state index in [4.69, 9.17) is 4.84 Å². The van der Waals surface area contributed by atoms with Crippen molar-refractivity contribution in [1.82, 2.24) is 4.73 Å². The highest BCUT2D eigenvalue weighted by Crippen LogP contribution is 2.16. The van der Waals surface area contributed by atoms with Crippen molar-refractivity contribution in [2.45, 2.75) is 59.3 Å². The van der Waals surface area contributed by atoms with E-state index in [1.807, 2.05) is 12.1 Å². The van der Waals surface area contributed by atoms with Crippen LogP contribution in [0.3, 0.4) is 0 Å². The van der Waals surface area contributed by atoms with Gasteiger partial charge in [-0.2, -0.15) is 4.73 Å². The normalized spacial score (nSPS) is 11.3. The van der Waals surface area contributed by atoms with Crippen LogP contribution in [-0.4, -0.2) is 10.7 Å². The van der Waals surface area contributed by atoms with Crippen molar-refractivity contribution in [3.05, 3.63) is 57.9 Å². The first-order chi connectivity index (χ1) is 12.1. The molecule has 2 rings (SSSR count). The second-order valence-corrected chi connectivity index (χ2v) is 6.32. The molecule has 25 heavy (non-hydrogen) atoms. The summed E-state index contributed by atoms with van der Waals surface area (Å²) in [5.74, 6) is -0.405. The van der Waals surface area contributed by atoms with Gasteiger partial charge in [-0.15, -0.1) is 0 Å². The van der Waals surface area contributed by atoms with E-state index in [1.54, 1.807) is 19.1 Å². The number of carbonyl (C=O) groups excluding carboxylic acids is 1. The summed E-state index contributed by atoms with van der Waals surface area (Å²) in [6, 6.07) is 7.22. The van der Waals surface area contributed by atoms with Crippen LogP contribution in [0.4, 0.5) is 0 Å². The fourth-order valence-corrected chi connectivity index (χ4v) is 2.94. The molecule has 4 nitrogen and oxygen atoms in total. The summed E-state index contributed by atoms with van der Waals surface area (Å²) in [5, 5.41) is 0.563. The fraction of sp³-hybridized carbons (Fsp3) is 0.429. The number of allylic oxidation sites excluding steroid dienone is 2. The second-order valence-electron chi connectivity index (χ2n) is 6.32. The van der Waals surface area contributed by atoms with Gasteiger partial charge in [0.1, 0.15) is 0 Å². The summed E-state index contributed by atoms with van der Waals surface area (Å²) < 4.78 is 1.51. The Hall–Kier alpha value is -2.36. The maximum absolute atomic E-state index is 12.6. The Balaban J connectivity index is 2.31. The van der Waals surface area contributed by atoms with Crippen LogP contribution in [0, 0.1) is 6.92 Å². The quantitative estimate of drug-likeness (QED) is 0.530. The van der Waals surface area contributed by atoms with Gasteiger partial charge in [-0.3, -0.25) is 4.79 Å². The van der Waals surface area contributed by atoms with Crippen LogP contribution >= 0.6 is 0 Å². The molecule has 0 atom stereocenters. The topological polar surface area (TPSA) is 48.3 Å². The Kier molecular flexibility index (Phi) is 6.99. The summed E-state index contributed by atoms with van der Waals surface area (Å²) >= 11 is 0. The molecule has 0 saturated heterocycles. The number of rotatable bonds is 8. The van der Waals surface area contributed by atoms with Gasteiger partial charge in [-0.1, -0.05) is 50.5 Å². The Labute approximate surface area is 149 Å². The zero-order valence-electron chi connectivity index (χ0n) is 15.4. The molecule has 0 aliphatic carbocycles. The van der Waals surface area contributed by atoms with Crippen molar-refractivity contribution in [3.8, 4) is 0 Å². The van der Waals surface area contributed by atoms with Crippen molar-refractivity contribution in [3.63, 3.8) is 0 Å². The molecule has 134 valence electrons. The van der Waals surface area contributed by atoms with Gasteiger partial charge in [0.05, 0.1) is 11.2 Å². The molecule has 1 heterocycles. The van der Waals surface area contributed by atoms with Crippen LogP contribution in [-0.2, 0) is 11.2 Å². The van der Waals surface area contributed by atoms with Crippen LogP contribution in [0.1, 0.15) is 57.2 Å². The summed E-state index contributed by atoms with van der Waals surface area (Å²) in [6.07, 6.45) is 10.7. The van der Waals surface area contributed by atoms with Crippen molar-refractivity contribution in [1.29, 1.82) is 0 Å². The predicted molar refractivity (Wildman–Crippen MR) is 102 cm³/mol. The number of benzene rings is 1. The number of para-hydroxylation sites is 1. The van der Waals surface area contributed by atoms with E-state index < -0.39 is 5.97 Å². The average Bonchev–Trinajstić information content (AvgIpc) is 2.60. The predicted octanol–water partition coefficient (Wildman–Crippen LogP) is 4.35. The lowest BCUT2D eigenvalue weighted by atomic mass is 10.1. The Morgan fingerprint density at radius 2 is 1.92 bits per heavy atom. The largest absolute Gasteiger partial charge is 0.337 e. The minimum absolute atomic E-state index is 0.00894. The Bertz CT molecular complexity index is 818. The van der Waals surface area contributed by atoms with Crippen molar-refractivity contribution < 1.29 is 9.63 Å². The number of carbonyl (C=O) groups is 1. The molecular weight excluding hydrogens is 314 g/mol. The smallest absolute Gasteiger partial charge is 0.329 e. The molecule has 0 aliphatic rings. The highest BCUT2D eigenvalue weighted by molar-refractivity contribution is 5.80. The lowest BCUT2D eigenvalue weighted by Gasteiger charge is -2.16. The fourth-order valence-electron chi connectivity index (χ4n) is 2.94. The molecule has 0 bridgehead atoms. The summed E-state index contributed by atoms with van der Waals surface area (Å²) in [7, 11) is 0. The molecule has 0 N–H and O–H groups in total. The van der Waals surface area contributed by atoms with Crippen molar-refractivity contribution >= 4 is 16.9 Å². The molecule has 2 aromatic rings. The SMILES string of the molecule is CCCCCC/C=C/Cc1c(C)c(=O)c2ccccc2n1OC(C)=O. The number of hydrogen-bond donors (Lipinski definition) is 0. The van der Waals surface area contributed by atoms with E-state index in [1.165, 1.54) is 37.3 Å². The molecule has 0 aliphatic heterocycles. The van der Waals surface area contributed by atoms with Gasteiger partial charge in [0.25, 0.3) is 0 Å². The van der Waals surface area contributed by atoms with E-state index in [2.05, 4.69) is 19.1 Å². The molecule has 0 amide bonds. The first kappa shape index (κ1) is 19.0. The molecule has 1 aromatic carbocycles. The van der Waals surface area contributed by atoms with Gasteiger partial charge in [0.2, 0.25) is 0 Å². The first-order valence-electron chi connectivity index (χ1n) is 9.03. The minimum Gasteiger partial charge on any atom is -0.337 e. The maximum Gasteiger partial charge on any atom is 0.329 e. The van der Waals surface area contributed by atoms with E-state index >= 15 is 0 Å². The molecule has 0 unspecified atom stereocenters. The Morgan fingerprint density at radius 3 is 2.64 bits per heavy atom. The lowest BCUT2D eigenvalue weighted by Crippen LogP contribution is -2.26. The molecule has 1 aromatic heterocycles. The number of fused-ring (bicyclic) bond motifs is 1. The molecule has 0 spiro atoms. The van der Waals surface area contributed by atoms with Gasteiger partial charge in [0.15, 0.2) is 5.43 Å². The van der Waals surface area contributed by atoms with Gasteiger partial charge in [-0.25, -0.2) is 4.79 Å². The highest BCUT2D eigenvalue weighted by Gasteiger charge is 2.15. The number of hydrogen-bond acceptors (Lipinski definition) is 3. The maximum atomic E-state index is 12.6. The summed E-state index contributed by atoms with van der Waals surface area (Å²) in [5.41, 5.74) is 1.96. The monoisotopic (exact) mass is 341 g/mol. The minimum atomic E-state index is -0.405. The zero-order valence-corrected chi connectivity index (χ0v) is 15.4. The molecular formula is C21H27NO3. The third-order valence-electron chi connectivity index (χ3n) is 4.31. The number of unbranched alkanes of at least 4 members (excludes halogenated alkanes) is 4. The first-order valence-corrected chi connectivity index (χ1v) is 9.03. The van der Waals surface area contributed by atoms with Crippen LogP contribution in [0.5, 0.6) is 0 Å². The van der Waals surface area contributed by atoms with E-state index in [-0.39, 0.29) is 5.43 Å². The molecule has 0 saturated carbocycles. The zero-order chi connectivity index (χ0) is 18.2. The highest BCUT2D eigenvalue weighted by atomic mass is 16.7. The average molecular weight is 341 g/mol. The van der Waals surface area contributed by atoms with Gasteiger partial charge in [0, 0.05) is 24.3 Å². The summed E-state index contributed by atoms with van der Waals surface area (Å²) in [6.45, 7) is 5.36. The van der Waals surface area contributed by atoms with Gasteiger partial charge in [-0.05, 0) is 31.9 Å². The third kappa shape index (κ3) is 4.81. The number of nitrogens with zero attached hydrogens (tertiary/aromatic N) is 1. The molecule has 0 fully saturated rings.